The Bertz CT molecular complexity index is 766. The Hall–Kier alpha value is -2.59. The smallest absolute Gasteiger partial charge is 0.120 e. The average Bonchev–Trinajstić information content (AvgIpc) is 3.00. The van der Waals surface area contributed by atoms with Crippen LogP contribution in [0.4, 0.5) is 0 Å². The summed E-state index contributed by atoms with van der Waals surface area (Å²) in [6.45, 7) is 5.26. The molecule has 138 valence electrons. The topological polar surface area (TPSA) is 40.0 Å². The van der Waals surface area contributed by atoms with E-state index in [0.29, 0.717) is 6.61 Å². The third kappa shape index (κ3) is 4.52. The van der Waals surface area contributed by atoms with Crippen LogP contribution in [-0.2, 0) is 9.57 Å². The van der Waals surface area contributed by atoms with Gasteiger partial charge in [0.05, 0.1) is 0 Å². The van der Waals surface area contributed by atoms with Crippen LogP contribution in [0.3, 0.4) is 0 Å². The second-order valence-corrected chi connectivity index (χ2v) is 5.44. The lowest BCUT2D eigenvalue weighted by Gasteiger charge is -2.06. The highest BCUT2D eigenvalue weighted by atomic mass is 16.6. The Morgan fingerprint density at radius 2 is 1.62 bits per heavy atom. The zero-order chi connectivity index (χ0) is 18.8. The van der Waals surface area contributed by atoms with Gasteiger partial charge < -0.3 is 14.3 Å². The van der Waals surface area contributed by atoms with E-state index in [1.165, 1.54) is 5.56 Å². The first-order chi connectivity index (χ1) is 12.8. The van der Waals surface area contributed by atoms with Crippen LogP contribution in [-0.4, -0.2) is 33.1 Å². The fourth-order valence-corrected chi connectivity index (χ4v) is 2.82. The Morgan fingerprint density at radius 3 is 2.35 bits per heavy atom. The summed E-state index contributed by atoms with van der Waals surface area (Å²) in [5.41, 5.74) is 5.31. The van der Waals surface area contributed by atoms with Gasteiger partial charge in [0, 0.05) is 24.8 Å². The molecule has 0 bridgehead atoms. The van der Waals surface area contributed by atoms with Gasteiger partial charge in [0.25, 0.3) is 0 Å². The first-order valence-corrected chi connectivity index (χ1v) is 8.97. The van der Waals surface area contributed by atoms with Crippen molar-refractivity contribution >= 4 is 5.71 Å². The van der Waals surface area contributed by atoms with E-state index in [-0.39, 0.29) is 0 Å². The SMILES string of the molecule is CC.COCC/C=C\COc1ccc2c(c1)/C(=N\OC)c1ccccc1-2. The van der Waals surface area contributed by atoms with Crippen LogP contribution in [0.25, 0.3) is 11.1 Å². The normalized spacial score (nSPS) is 13.2. The Kier molecular flexibility index (Phi) is 7.90. The van der Waals surface area contributed by atoms with E-state index >= 15 is 0 Å². The van der Waals surface area contributed by atoms with Gasteiger partial charge in [0.1, 0.15) is 25.2 Å². The molecule has 1 aliphatic rings. The summed E-state index contributed by atoms with van der Waals surface area (Å²) in [5, 5.41) is 4.21. The molecule has 0 amide bonds. The highest BCUT2D eigenvalue weighted by Crippen LogP contribution is 2.38. The standard InChI is InChI=1S/C20H21NO3.C2H6/c1-22-12-6-3-7-13-24-15-10-11-17-16-8-4-5-9-18(16)20(21-23-2)19(17)14-15;1-2/h3-5,7-11,14H,6,12-13H2,1-2H3;1-2H3/b7-3-,21-20-;. The summed E-state index contributed by atoms with van der Waals surface area (Å²) >= 11 is 0. The Balaban J connectivity index is 0.00000117. The minimum atomic E-state index is 0.534. The number of methoxy groups -OCH3 is 1. The predicted octanol–water partition coefficient (Wildman–Crippen LogP) is 5.06. The molecule has 0 heterocycles. The first kappa shape index (κ1) is 19.7. The molecule has 0 aliphatic heterocycles. The molecule has 1 aliphatic carbocycles. The molecular formula is C22H27NO3. The van der Waals surface area contributed by atoms with Crippen molar-refractivity contribution in [2.45, 2.75) is 20.3 Å². The van der Waals surface area contributed by atoms with Crippen LogP contribution in [0.15, 0.2) is 59.8 Å². The lowest BCUT2D eigenvalue weighted by molar-refractivity contribution is 0.204. The maximum atomic E-state index is 5.81. The third-order valence-electron chi connectivity index (χ3n) is 3.90. The minimum absolute atomic E-state index is 0.534. The molecule has 0 saturated heterocycles. The van der Waals surface area contributed by atoms with Crippen molar-refractivity contribution in [3.63, 3.8) is 0 Å². The van der Waals surface area contributed by atoms with Crippen molar-refractivity contribution < 1.29 is 14.3 Å². The zero-order valence-corrected chi connectivity index (χ0v) is 16.0. The van der Waals surface area contributed by atoms with Crippen LogP contribution in [0.5, 0.6) is 5.75 Å². The Labute approximate surface area is 156 Å². The van der Waals surface area contributed by atoms with E-state index in [0.717, 1.165) is 41.2 Å². The number of hydrogen-bond donors (Lipinski definition) is 0. The summed E-state index contributed by atoms with van der Waals surface area (Å²) in [6.07, 6.45) is 4.96. The molecule has 26 heavy (non-hydrogen) atoms. The number of ether oxygens (including phenoxy) is 2. The van der Waals surface area contributed by atoms with Crippen molar-refractivity contribution in [1.82, 2.24) is 0 Å². The van der Waals surface area contributed by atoms with E-state index in [1.807, 2.05) is 44.2 Å². The number of fused-ring (bicyclic) bond motifs is 3. The molecule has 0 aromatic heterocycles. The molecular weight excluding hydrogens is 326 g/mol. The molecule has 0 unspecified atom stereocenters. The zero-order valence-electron chi connectivity index (χ0n) is 16.0. The second-order valence-electron chi connectivity index (χ2n) is 5.44. The molecule has 0 fully saturated rings. The third-order valence-corrected chi connectivity index (χ3v) is 3.90. The van der Waals surface area contributed by atoms with Crippen LogP contribution in [0, 0.1) is 0 Å². The monoisotopic (exact) mass is 353 g/mol. The first-order valence-electron chi connectivity index (χ1n) is 8.97. The van der Waals surface area contributed by atoms with Crippen molar-refractivity contribution in [3.8, 4) is 16.9 Å². The van der Waals surface area contributed by atoms with Gasteiger partial charge in [-0.05, 0) is 35.7 Å². The molecule has 0 atom stereocenters. The lowest BCUT2D eigenvalue weighted by atomic mass is 10.1. The van der Waals surface area contributed by atoms with Crippen LogP contribution in [0.1, 0.15) is 31.4 Å². The molecule has 0 saturated carbocycles. The fourth-order valence-electron chi connectivity index (χ4n) is 2.82. The van der Waals surface area contributed by atoms with Gasteiger partial charge in [0.2, 0.25) is 0 Å². The highest BCUT2D eigenvalue weighted by Gasteiger charge is 2.25. The summed E-state index contributed by atoms with van der Waals surface area (Å²) in [7, 11) is 3.27. The molecule has 3 rings (SSSR count). The van der Waals surface area contributed by atoms with E-state index < -0.39 is 0 Å². The second kappa shape index (κ2) is 10.4. The molecule has 2 aromatic rings. The number of nitrogens with zero attached hydrogens (tertiary/aromatic N) is 1. The maximum Gasteiger partial charge on any atom is 0.120 e. The van der Waals surface area contributed by atoms with Crippen LogP contribution in [0.2, 0.25) is 0 Å². The summed E-state index contributed by atoms with van der Waals surface area (Å²) in [5.74, 6) is 0.821. The Morgan fingerprint density at radius 1 is 0.885 bits per heavy atom. The van der Waals surface area contributed by atoms with E-state index in [1.54, 1.807) is 14.2 Å². The number of hydrogen-bond acceptors (Lipinski definition) is 4. The highest BCUT2D eigenvalue weighted by molar-refractivity contribution is 6.24. The number of rotatable bonds is 7. The molecule has 2 aromatic carbocycles. The molecule has 0 radical (unpaired) electrons. The molecule has 4 nitrogen and oxygen atoms in total. The van der Waals surface area contributed by atoms with Gasteiger partial charge in [-0.25, -0.2) is 0 Å². The predicted molar refractivity (Wildman–Crippen MR) is 107 cm³/mol. The van der Waals surface area contributed by atoms with E-state index in [2.05, 4.69) is 29.4 Å². The van der Waals surface area contributed by atoms with Gasteiger partial charge >= 0.3 is 0 Å². The fraction of sp³-hybridized carbons (Fsp3) is 0.318. The van der Waals surface area contributed by atoms with Gasteiger partial charge in [0.15, 0.2) is 0 Å². The van der Waals surface area contributed by atoms with Crippen molar-refractivity contribution in [1.29, 1.82) is 0 Å². The largest absolute Gasteiger partial charge is 0.490 e. The van der Waals surface area contributed by atoms with E-state index in [4.69, 9.17) is 14.3 Å². The lowest BCUT2D eigenvalue weighted by Crippen LogP contribution is -2.00. The van der Waals surface area contributed by atoms with Crippen molar-refractivity contribution in [2.75, 3.05) is 27.4 Å². The molecule has 4 heteroatoms. The van der Waals surface area contributed by atoms with Gasteiger partial charge in [-0.15, -0.1) is 0 Å². The summed E-state index contributed by atoms with van der Waals surface area (Å²) in [6, 6.07) is 14.3. The van der Waals surface area contributed by atoms with Crippen LogP contribution < -0.4 is 4.74 Å². The number of oxime groups is 1. The summed E-state index contributed by atoms with van der Waals surface area (Å²) in [4.78, 5) is 5.04. The van der Waals surface area contributed by atoms with Gasteiger partial charge in [-0.2, -0.15) is 0 Å². The van der Waals surface area contributed by atoms with Gasteiger partial charge in [-0.1, -0.05) is 55.4 Å². The van der Waals surface area contributed by atoms with Gasteiger partial charge in [-0.3, -0.25) is 0 Å². The number of benzene rings is 2. The van der Waals surface area contributed by atoms with Crippen molar-refractivity contribution in [2.24, 2.45) is 5.16 Å². The van der Waals surface area contributed by atoms with E-state index in [9.17, 15) is 0 Å². The summed E-state index contributed by atoms with van der Waals surface area (Å²) < 4.78 is 10.8. The molecule has 0 N–H and O–H groups in total. The maximum absolute atomic E-state index is 5.81. The quantitative estimate of drug-likeness (QED) is 0.338. The average molecular weight is 353 g/mol. The van der Waals surface area contributed by atoms with Crippen LogP contribution >= 0.6 is 0 Å². The molecule has 0 spiro atoms. The van der Waals surface area contributed by atoms with Crippen molar-refractivity contribution in [3.05, 3.63) is 65.7 Å². The minimum Gasteiger partial charge on any atom is -0.490 e.